The van der Waals surface area contributed by atoms with Gasteiger partial charge >= 0.3 is 5.97 Å². The second-order valence-corrected chi connectivity index (χ2v) is 5.47. The van der Waals surface area contributed by atoms with Crippen molar-refractivity contribution in [3.8, 4) is 0 Å². The molecule has 1 atom stereocenters. The van der Waals surface area contributed by atoms with Crippen LogP contribution in [0.25, 0.3) is 0 Å². The Morgan fingerprint density at radius 2 is 2.28 bits per heavy atom. The highest BCUT2D eigenvalue weighted by molar-refractivity contribution is 7.14. The van der Waals surface area contributed by atoms with Crippen LogP contribution in [0, 0.1) is 0 Å². The molecule has 2 rings (SSSR count). The van der Waals surface area contributed by atoms with Crippen molar-refractivity contribution in [3.05, 3.63) is 21.9 Å². The van der Waals surface area contributed by atoms with E-state index in [1.807, 2.05) is 12.1 Å². The molecule has 1 aliphatic heterocycles. The topological polar surface area (TPSA) is 46.6 Å². The van der Waals surface area contributed by atoms with Gasteiger partial charge in [0.2, 0.25) is 0 Å². The van der Waals surface area contributed by atoms with Crippen molar-refractivity contribution in [2.24, 2.45) is 0 Å². The molecular weight excluding hydrogens is 250 g/mol. The van der Waals surface area contributed by atoms with Crippen LogP contribution in [0.2, 0.25) is 0 Å². The zero-order valence-corrected chi connectivity index (χ0v) is 11.5. The molecule has 18 heavy (non-hydrogen) atoms. The summed E-state index contributed by atoms with van der Waals surface area (Å²) in [4.78, 5) is 27.5. The minimum Gasteiger partial charge on any atom is -0.467 e. The van der Waals surface area contributed by atoms with Gasteiger partial charge in [-0.25, -0.2) is 4.79 Å². The van der Waals surface area contributed by atoms with Gasteiger partial charge < -0.3 is 9.64 Å². The van der Waals surface area contributed by atoms with Gasteiger partial charge in [0.25, 0.3) is 5.91 Å². The van der Waals surface area contributed by atoms with Crippen LogP contribution >= 0.6 is 11.3 Å². The minimum atomic E-state index is -0.408. The Balaban J connectivity index is 2.15. The lowest BCUT2D eigenvalue weighted by Crippen LogP contribution is -2.40. The van der Waals surface area contributed by atoms with E-state index in [2.05, 4.69) is 6.92 Å². The number of rotatable bonds is 3. The number of aryl methyl sites for hydroxylation is 1. The van der Waals surface area contributed by atoms with E-state index >= 15 is 0 Å². The lowest BCUT2D eigenvalue weighted by Gasteiger charge is -2.21. The Bertz CT molecular complexity index is 455. The van der Waals surface area contributed by atoms with Gasteiger partial charge in [-0.1, -0.05) is 6.92 Å². The van der Waals surface area contributed by atoms with Crippen molar-refractivity contribution >= 4 is 23.2 Å². The Kier molecular flexibility index (Phi) is 4.01. The molecule has 0 N–H and O–H groups in total. The average molecular weight is 267 g/mol. The third kappa shape index (κ3) is 2.41. The van der Waals surface area contributed by atoms with E-state index in [0.29, 0.717) is 17.8 Å². The summed E-state index contributed by atoms with van der Waals surface area (Å²) in [6.45, 7) is 2.70. The SMILES string of the molecule is CCc1ccc(C(=O)N2CCCC2C(=O)OC)s1. The monoisotopic (exact) mass is 267 g/mol. The van der Waals surface area contributed by atoms with Crippen LogP contribution in [-0.4, -0.2) is 36.5 Å². The van der Waals surface area contributed by atoms with Crippen molar-refractivity contribution in [1.82, 2.24) is 4.90 Å². The predicted molar refractivity (Wildman–Crippen MR) is 69.8 cm³/mol. The smallest absolute Gasteiger partial charge is 0.328 e. The number of carbonyl (C=O) groups excluding carboxylic acids is 2. The third-order valence-corrected chi connectivity index (χ3v) is 4.43. The van der Waals surface area contributed by atoms with Crippen molar-refractivity contribution in [2.45, 2.75) is 32.2 Å². The molecule has 1 aromatic heterocycles. The van der Waals surface area contributed by atoms with Gasteiger partial charge in [-0.15, -0.1) is 11.3 Å². The molecule has 0 aromatic carbocycles. The van der Waals surface area contributed by atoms with E-state index in [0.717, 1.165) is 12.8 Å². The fourth-order valence-corrected chi connectivity index (χ4v) is 3.12. The molecule has 1 amide bonds. The van der Waals surface area contributed by atoms with E-state index in [4.69, 9.17) is 4.74 Å². The number of hydrogen-bond donors (Lipinski definition) is 0. The molecule has 1 aromatic rings. The summed E-state index contributed by atoms with van der Waals surface area (Å²) in [5, 5.41) is 0. The molecule has 1 unspecified atom stereocenters. The lowest BCUT2D eigenvalue weighted by molar-refractivity contribution is -0.145. The van der Waals surface area contributed by atoms with Crippen LogP contribution in [0.5, 0.6) is 0 Å². The van der Waals surface area contributed by atoms with Gasteiger partial charge in [-0.3, -0.25) is 4.79 Å². The first-order chi connectivity index (χ1) is 8.67. The van der Waals surface area contributed by atoms with Crippen LogP contribution < -0.4 is 0 Å². The molecular formula is C13H17NO3S. The van der Waals surface area contributed by atoms with Gasteiger partial charge in [0.05, 0.1) is 12.0 Å². The molecule has 1 saturated heterocycles. The second-order valence-electron chi connectivity index (χ2n) is 4.30. The Morgan fingerprint density at radius 1 is 1.50 bits per heavy atom. The Labute approximate surface area is 111 Å². The lowest BCUT2D eigenvalue weighted by atomic mass is 10.2. The fraction of sp³-hybridized carbons (Fsp3) is 0.538. The first kappa shape index (κ1) is 13.1. The zero-order chi connectivity index (χ0) is 13.1. The molecule has 98 valence electrons. The molecule has 1 fully saturated rings. The zero-order valence-electron chi connectivity index (χ0n) is 10.6. The van der Waals surface area contributed by atoms with Gasteiger partial charge in [-0.05, 0) is 31.4 Å². The number of likely N-dealkylation sites (tertiary alicyclic amines) is 1. The third-order valence-electron chi connectivity index (χ3n) is 3.21. The van der Waals surface area contributed by atoms with Crippen LogP contribution in [0.15, 0.2) is 12.1 Å². The summed E-state index contributed by atoms with van der Waals surface area (Å²) in [5.74, 6) is -0.360. The first-order valence-corrected chi connectivity index (χ1v) is 6.96. The van der Waals surface area contributed by atoms with E-state index in [9.17, 15) is 9.59 Å². The summed E-state index contributed by atoms with van der Waals surface area (Å²) in [5.41, 5.74) is 0. The van der Waals surface area contributed by atoms with E-state index in [1.165, 1.54) is 23.3 Å². The number of esters is 1. The van der Waals surface area contributed by atoms with Crippen LogP contribution in [0.1, 0.15) is 34.3 Å². The maximum Gasteiger partial charge on any atom is 0.328 e. The number of ether oxygens (including phenoxy) is 1. The van der Waals surface area contributed by atoms with Gasteiger partial charge in [-0.2, -0.15) is 0 Å². The first-order valence-electron chi connectivity index (χ1n) is 6.15. The number of carbonyl (C=O) groups is 2. The van der Waals surface area contributed by atoms with Gasteiger partial charge in [0.15, 0.2) is 0 Å². The van der Waals surface area contributed by atoms with Crippen LogP contribution in [0.4, 0.5) is 0 Å². The number of nitrogens with zero attached hydrogens (tertiary/aromatic N) is 1. The van der Waals surface area contributed by atoms with Crippen molar-refractivity contribution in [3.63, 3.8) is 0 Å². The van der Waals surface area contributed by atoms with E-state index in [1.54, 1.807) is 4.90 Å². The molecule has 0 spiro atoms. The summed E-state index contributed by atoms with van der Waals surface area (Å²) >= 11 is 1.51. The number of methoxy groups -OCH3 is 1. The second kappa shape index (κ2) is 5.52. The molecule has 0 saturated carbocycles. The minimum absolute atomic E-state index is 0.0485. The van der Waals surface area contributed by atoms with E-state index in [-0.39, 0.29) is 11.9 Å². The Morgan fingerprint density at radius 3 is 2.89 bits per heavy atom. The van der Waals surface area contributed by atoms with Crippen molar-refractivity contribution in [1.29, 1.82) is 0 Å². The molecule has 0 aliphatic carbocycles. The highest BCUT2D eigenvalue weighted by atomic mass is 32.1. The fourth-order valence-electron chi connectivity index (χ4n) is 2.22. The molecule has 4 nitrogen and oxygen atoms in total. The number of thiophene rings is 1. The maximum absolute atomic E-state index is 12.3. The van der Waals surface area contributed by atoms with Gasteiger partial charge in [0, 0.05) is 11.4 Å². The quantitative estimate of drug-likeness (QED) is 0.788. The van der Waals surface area contributed by atoms with Gasteiger partial charge in [0.1, 0.15) is 6.04 Å². The average Bonchev–Trinajstić information content (AvgIpc) is 3.05. The molecule has 5 heteroatoms. The summed E-state index contributed by atoms with van der Waals surface area (Å²) in [6, 6.07) is 3.41. The van der Waals surface area contributed by atoms with Crippen LogP contribution in [-0.2, 0) is 16.0 Å². The number of hydrogen-bond acceptors (Lipinski definition) is 4. The molecule has 0 radical (unpaired) electrons. The van der Waals surface area contributed by atoms with Crippen molar-refractivity contribution in [2.75, 3.05) is 13.7 Å². The molecule has 2 heterocycles. The summed E-state index contributed by atoms with van der Waals surface area (Å²) in [6.07, 6.45) is 2.49. The Hall–Kier alpha value is -1.36. The largest absolute Gasteiger partial charge is 0.467 e. The van der Waals surface area contributed by atoms with Crippen molar-refractivity contribution < 1.29 is 14.3 Å². The molecule has 0 bridgehead atoms. The maximum atomic E-state index is 12.3. The highest BCUT2D eigenvalue weighted by Gasteiger charge is 2.35. The molecule has 1 aliphatic rings. The predicted octanol–water partition coefficient (Wildman–Crippen LogP) is 2.09. The number of amides is 1. The van der Waals surface area contributed by atoms with E-state index < -0.39 is 6.04 Å². The standard InChI is InChI=1S/C13H17NO3S/c1-3-9-6-7-11(18-9)12(15)14-8-4-5-10(14)13(16)17-2/h6-7,10H,3-5,8H2,1-2H3. The summed E-state index contributed by atoms with van der Waals surface area (Å²) in [7, 11) is 1.36. The highest BCUT2D eigenvalue weighted by Crippen LogP contribution is 2.24. The summed E-state index contributed by atoms with van der Waals surface area (Å²) < 4.78 is 4.75. The van der Waals surface area contributed by atoms with Crippen LogP contribution in [0.3, 0.4) is 0 Å². The normalized spacial score (nSPS) is 19.0.